The highest BCUT2D eigenvalue weighted by molar-refractivity contribution is 5.79. The van der Waals surface area contributed by atoms with Gasteiger partial charge in [-0.2, -0.15) is 0 Å². The average Bonchev–Trinajstić information content (AvgIpc) is 2.82. The molecule has 0 bridgehead atoms. The predicted octanol–water partition coefficient (Wildman–Crippen LogP) is 2.92. The minimum Gasteiger partial charge on any atom is -0.497 e. The Bertz CT molecular complexity index is 888. The lowest BCUT2D eigenvalue weighted by Gasteiger charge is -2.32. The first-order chi connectivity index (χ1) is 15.5. The van der Waals surface area contributed by atoms with E-state index in [0.717, 1.165) is 60.6 Å². The van der Waals surface area contributed by atoms with Crippen molar-refractivity contribution >= 4 is 11.8 Å². The van der Waals surface area contributed by atoms with E-state index >= 15 is 0 Å². The number of guanidine groups is 1. The van der Waals surface area contributed by atoms with Crippen molar-refractivity contribution < 1.29 is 14.2 Å². The van der Waals surface area contributed by atoms with Crippen molar-refractivity contribution in [3.63, 3.8) is 0 Å². The Labute approximate surface area is 191 Å². The van der Waals surface area contributed by atoms with Gasteiger partial charge in [0.2, 0.25) is 0 Å². The summed E-state index contributed by atoms with van der Waals surface area (Å²) in [7, 11) is 5.34. The molecule has 2 heterocycles. The summed E-state index contributed by atoms with van der Waals surface area (Å²) in [4.78, 5) is 13.8. The van der Waals surface area contributed by atoms with Gasteiger partial charge in [0.1, 0.15) is 17.3 Å². The number of benzene rings is 1. The molecule has 8 heteroatoms. The molecule has 0 saturated carbocycles. The quantitative estimate of drug-likeness (QED) is 0.499. The van der Waals surface area contributed by atoms with Gasteiger partial charge in [-0.25, -0.2) is 9.98 Å². The molecule has 1 aromatic heterocycles. The van der Waals surface area contributed by atoms with E-state index in [2.05, 4.69) is 46.1 Å². The highest BCUT2D eigenvalue weighted by atomic mass is 16.5. The second kappa shape index (κ2) is 11.6. The van der Waals surface area contributed by atoms with Crippen molar-refractivity contribution in [1.82, 2.24) is 15.2 Å². The number of aliphatic imine (C=N–C) groups is 1. The largest absolute Gasteiger partial charge is 0.497 e. The number of nitrogens with one attached hydrogen (secondary N) is 1. The zero-order valence-corrected chi connectivity index (χ0v) is 19.8. The topological polar surface area (TPSA) is 71.5 Å². The fourth-order valence-corrected chi connectivity index (χ4v) is 3.67. The molecule has 1 N–H and O–H groups in total. The summed E-state index contributed by atoms with van der Waals surface area (Å²) < 4.78 is 16.5. The van der Waals surface area contributed by atoms with Gasteiger partial charge in [0, 0.05) is 51.1 Å². The van der Waals surface area contributed by atoms with Crippen molar-refractivity contribution in [2.75, 3.05) is 52.4 Å². The molecule has 1 aromatic carbocycles. The number of hydrogen-bond acceptors (Lipinski definition) is 6. The maximum atomic E-state index is 5.62. The van der Waals surface area contributed by atoms with E-state index in [1.165, 1.54) is 0 Å². The molecule has 174 valence electrons. The van der Waals surface area contributed by atoms with Crippen LogP contribution in [0.3, 0.4) is 0 Å². The first-order valence-electron chi connectivity index (χ1n) is 11.1. The summed E-state index contributed by atoms with van der Waals surface area (Å²) in [5.74, 6) is 3.39. The smallest absolute Gasteiger partial charge is 0.194 e. The minimum absolute atomic E-state index is 0.234. The van der Waals surface area contributed by atoms with Crippen LogP contribution in [-0.4, -0.2) is 69.5 Å². The molecule has 1 fully saturated rings. The zero-order valence-electron chi connectivity index (χ0n) is 19.8. The summed E-state index contributed by atoms with van der Waals surface area (Å²) in [6.45, 7) is 8.65. The highest BCUT2D eigenvalue weighted by Crippen LogP contribution is 2.25. The van der Waals surface area contributed by atoms with Crippen LogP contribution in [0.15, 0.2) is 41.5 Å². The molecule has 1 atom stereocenters. The van der Waals surface area contributed by atoms with E-state index < -0.39 is 0 Å². The number of methoxy groups -OCH3 is 2. The molecular formula is C24H35N5O3. The number of aromatic nitrogens is 1. The van der Waals surface area contributed by atoms with E-state index in [-0.39, 0.29) is 6.10 Å². The molecule has 0 spiro atoms. The number of morpholine rings is 1. The summed E-state index contributed by atoms with van der Waals surface area (Å²) in [6, 6.07) is 10.0. The van der Waals surface area contributed by atoms with E-state index in [9.17, 15) is 0 Å². The molecule has 0 radical (unpaired) electrons. The highest BCUT2D eigenvalue weighted by Gasteiger charge is 2.17. The van der Waals surface area contributed by atoms with E-state index in [0.29, 0.717) is 13.1 Å². The summed E-state index contributed by atoms with van der Waals surface area (Å²) in [5, 5.41) is 3.37. The third kappa shape index (κ3) is 6.26. The van der Waals surface area contributed by atoms with Crippen LogP contribution in [0.4, 0.5) is 5.82 Å². The molecule has 1 aliphatic rings. The van der Waals surface area contributed by atoms with Gasteiger partial charge in [-0.3, -0.25) is 0 Å². The molecule has 0 aliphatic carbocycles. The van der Waals surface area contributed by atoms with Crippen LogP contribution in [0.2, 0.25) is 0 Å². The number of anilines is 1. The van der Waals surface area contributed by atoms with Gasteiger partial charge < -0.3 is 29.3 Å². The van der Waals surface area contributed by atoms with Gasteiger partial charge in [0.05, 0.1) is 33.5 Å². The van der Waals surface area contributed by atoms with Crippen LogP contribution in [-0.2, 0) is 17.8 Å². The van der Waals surface area contributed by atoms with Gasteiger partial charge in [0.15, 0.2) is 5.96 Å². The number of pyridine rings is 1. The molecule has 8 nitrogen and oxygen atoms in total. The summed E-state index contributed by atoms with van der Waals surface area (Å²) in [6.07, 6.45) is 2.15. The summed E-state index contributed by atoms with van der Waals surface area (Å²) >= 11 is 0. The fraction of sp³-hybridized carbons (Fsp3) is 0.500. The lowest BCUT2D eigenvalue weighted by Crippen LogP contribution is -2.41. The van der Waals surface area contributed by atoms with Gasteiger partial charge in [0.25, 0.3) is 0 Å². The van der Waals surface area contributed by atoms with Crippen LogP contribution in [0.1, 0.15) is 25.0 Å². The Hall–Kier alpha value is -3.00. The Kier molecular flexibility index (Phi) is 8.56. The third-order valence-electron chi connectivity index (χ3n) is 5.38. The molecule has 32 heavy (non-hydrogen) atoms. The summed E-state index contributed by atoms with van der Waals surface area (Å²) in [5.41, 5.74) is 2.13. The van der Waals surface area contributed by atoms with Gasteiger partial charge in [-0.05, 0) is 37.6 Å². The minimum atomic E-state index is 0.234. The lowest BCUT2D eigenvalue weighted by molar-refractivity contribution is 0.0529. The monoisotopic (exact) mass is 441 g/mol. The van der Waals surface area contributed by atoms with E-state index in [1.54, 1.807) is 14.2 Å². The van der Waals surface area contributed by atoms with E-state index in [4.69, 9.17) is 19.2 Å². The van der Waals surface area contributed by atoms with Crippen molar-refractivity contribution in [1.29, 1.82) is 0 Å². The number of nitrogens with zero attached hydrogens (tertiary/aromatic N) is 4. The molecule has 2 aromatic rings. The standard InChI is InChI=1S/C24H35N5O3/c1-6-25-24(28(3)17-20-8-9-21(30-4)13-22(20)31-5)27-15-19-7-10-23(26-14-19)29-11-12-32-18(2)16-29/h7-10,13-14,18H,6,11-12,15-17H2,1-5H3,(H,25,27). The molecule has 3 rings (SSSR count). The molecule has 1 aliphatic heterocycles. The second-order valence-corrected chi connectivity index (χ2v) is 7.86. The molecule has 1 unspecified atom stereocenters. The number of rotatable bonds is 8. The maximum absolute atomic E-state index is 5.62. The molecule has 1 saturated heterocycles. The van der Waals surface area contributed by atoms with Crippen molar-refractivity contribution in [2.24, 2.45) is 4.99 Å². The Balaban J connectivity index is 1.66. The van der Waals surface area contributed by atoms with Gasteiger partial charge in [-0.1, -0.05) is 6.07 Å². The second-order valence-electron chi connectivity index (χ2n) is 7.86. The molecular weight excluding hydrogens is 406 g/mol. The fourth-order valence-electron chi connectivity index (χ4n) is 3.67. The Morgan fingerprint density at radius 2 is 2.12 bits per heavy atom. The van der Waals surface area contributed by atoms with Crippen LogP contribution in [0.5, 0.6) is 11.5 Å². The predicted molar refractivity (Wildman–Crippen MR) is 128 cm³/mol. The third-order valence-corrected chi connectivity index (χ3v) is 5.38. The normalized spacial score (nSPS) is 16.6. The molecule has 0 amide bonds. The maximum Gasteiger partial charge on any atom is 0.194 e. The average molecular weight is 442 g/mol. The van der Waals surface area contributed by atoms with Gasteiger partial charge >= 0.3 is 0 Å². The number of ether oxygens (including phenoxy) is 3. The SMILES string of the molecule is CCNC(=NCc1ccc(N2CCOC(C)C2)nc1)N(C)Cc1ccc(OC)cc1OC. The van der Waals surface area contributed by atoms with E-state index in [1.807, 2.05) is 31.4 Å². The first-order valence-corrected chi connectivity index (χ1v) is 11.1. The van der Waals surface area contributed by atoms with Crippen LogP contribution in [0.25, 0.3) is 0 Å². The zero-order chi connectivity index (χ0) is 22.9. The van der Waals surface area contributed by atoms with Crippen LogP contribution >= 0.6 is 0 Å². The van der Waals surface area contributed by atoms with Crippen LogP contribution < -0.4 is 19.7 Å². The Morgan fingerprint density at radius 3 is 2.78 bits per heavy atom. The van der Waals surface area contributed by atoms with Crippen molar-refractivity contribution in [2.45, 2.75) is 33.0 Å². The van der Waals surface area contributed by atoms with Crippen molar-refractivity contribution in [3.05, 3.63) is 47.7 Å². The van der Waals surface area contributed by atoms with Crippen LogP contribution in [0, 0.1) is 0 Å². The Morgan fingerprint density at radius 1 is 1.28 bits per heavy atom. The van der Waals surface area contributed by atoms with Crippen molar-refractivity contribution in [3.8, 4) is 11.5 Å². The lowest BCUT2D eigenvalue weighted by atomic mass is 10.2. The number of hydrogen-bond donors (Lipinski definition) is 1. The first kappa shape index (κ1) is 23.7. The van der Waals surface area contributed by atoms with Gasteiger partial charge in [-0.15, -0.1) is 0 Å².